The van der Waals surface area contributed by atoms with E-state index < -0.39 is 0 Å². The summed E-state index contributed by atoms with van der Waals surface area (Å²) in [6.07, 6.45) is 1.94. The smallest absolute Gasteiger partial charge is 0.166 e. The van der Waals surface area contributed by atoms with Crippen LogP contribution < -0.4 is 5.32 Å². The van der Waals surface area contributed by atoms with E-state index in [9.17, 15) is 4.79 Å². The molecule has 1 N–H and O–H groups in total. The van der Waals surface area contributed by atoms with E-state index in [1.54, 1.807) is 0 Å². The van der Waals surface area contributed by atoms with Gasteiger partial charge >= 0.3 is 0 Å². The molecule has 0 bridgehead atoms. The van der Waals surface area contributed by atoms with Gasteiger partial charge < -0.3 is 5.32 Å². The first kappa shape index (κ1) is 15.2. The van der Waals surface area contributed by atoms with Crippen molar-refractivity contribution in [2.45, 2.75) is 52.9 Å². The number of hydrogen-bond acceptors (Lipinski definition) is 2. The van der Waals surface area contributed by atoms with Crippen LogP contribution in [0.25, 0.3) is 0 Å². The monoisotopic (exact) mass is 273 g/mol. The van der Waals surface area contributed by atoms with E-state index in [4.69, 9.17) is 0 Å². The summed E-state index contributed by atoms with van der Waals surface area (Å²) in [5, 5.41) is 3.33. The Hall–Kier alpha value is -1.15. The molecule has 0 amide bonds. The summed E-state index contributed by atoms with van der Waals surface area (Å²) in [7, 11) is 0. The average molecular weight is 273 g/mol. The second-order valence-electron chi connectivity index (χ2n) is 7.12. The summed E-state index contributed by atoms with van der Waals surface area (Å²) in [5.41, 5.74) is 4.68. The van der Waals surface area contributed by atoms with Crippen LogP contribution in [0.4, 0.5) is 0 Å². The van der Waals surface area contributed by atoms with E-state index in [0.717, 1.165) is 42.6 Å². The van der Waals surface area contributed by atoms with E-state index in [1.807, 2.05) is 0 Å². The van der Waals surface area contributed by atoms with Crippen LogP contribution in [0.1, 0.15) is 60.7 Å². The zero-order chi connectivity index (χ0) is 14.9. The summed E-state index contributed by atoms with van der Waals surface area (Å²) < 4.78 is 0. The van der Waals surface area contributed by atoms with Gasteiger partial charge in [-0.2, -0.15) is 0 Å². The molecule has 0 aromatic heterocycles. The number of carbonyl (C=O) groups is 1. The standard InChI is InChI=1S/C18H27NO/c1-12-10-15(18(3,4)5)11-13(2)16(12)17(20)14-6-8-19-9-7-14/h10-11,14,19H,6-9H2,1-5H3. The highest BCUT2D eigenvalue weighted by molar-refractivity contribution is 6.00. The minimum Gasteiger partial charge on any atom is -0.317 e. The fourth-order valence-corrected chi connectivity index (χ4v) is 3.07. The Balaban J connectivity index is 2.35. The van der Waals surface area contributed by atoms with Crippen LogP contribution in [-0.2, 0) is 5.41 Å². The van der Waals surface area contributed by atoms with Gasteiger partial charge in [0.15, 0.2) is 5.78 Å². The van der Waals surface area contributed by atoms with Crippen molar-refractivity contribution in [1.29, 1.82) is 0 Å². The van der Waals surface area contributed by atoms with Gasteiger partial charge in [-0.15, -0.1) is 0 Å². The number of ketones is 1. The molecule has 1 heterocycles. The molecule has 1 aliphatic heterocycles. The number of rotatable bonds is 2. The Morgan fingerprint density at radius 1 is 1.10 bits per heavy atom. The third kappa shape index (κ3) is 3.12. The molecule has 0 radical (unpaired) electrons. The van der Waals surface area contributed by atoms with Crippen LogP contribution in [-0.4, -0.2) is 18.9 Å². The normalized spacial score (nSPS) is 17.2. The van der Waals surface area contributed by atoms with Crippen molar-refractivity contribution in [2.75, 3.05) is 13.1 Å². The van der Waals surface area contributed by atoms with Crippen molar-refractivity contribution in [3.05, 3.63) is 34.4 Å². The minimum absolute atomic E-state index is 0.131. The maximum Gasteiger partial charge on any atom is 0.166 e. The van der Waals surface area contributed by atoms with E-state index in [2.05, 4.69) is 52.1 Å². The summed E-state index contributed by atoms with van der Waals surface area (Å²) >= 11 is 0. The lowest BCUT2D eigenvalue weighted by Gasteiger charge is -2.25. The second kappa shape index (κ2) is 5.69. The summed E-state index contributed by atoms with van der Waals surface area (Å²) in [6.45, 7) is 12.7. The summed E-state index contributed by atoms with van der Waals surface area (Å²) in [6, 6.07) is 4.39. The SMILES string of the molecule is Cc1cc(C(C)(C)C)cc(C)c1C(=O)C1CCNCC1. The molecule has 1 fully saturated rings. The molecule has 0 saturated carbocycles. The molecule has 0 unspecified atom stereocenters. The lowest BCUT2D eigenvalue weighted by molar-refractivity contribution is 0.0893. The quantitative estimate of drug-likeness (QED) is 0.831. The highest BCUT2D eigenvalue weighted by atomic mass is 16.1. The van der Waals surface area contributed by atoms with Crippen molar-refractivity contribution in [3.8, 4) is 0 Å². The van der Waals surface area contributed by atoms with E-state index in [-0.39, 0.29) is 11.3 Å². The van der Waals surface area contributed by atoms with Crippen molar-refractivity contribution >= 4 is 5.78 Å². The Morgan fingerprint density at radius 3 is 2.05 bits per heavy atom. The van der Waals surface area contributed by atoms with Crippen molar-refractivity contribution < 1.29 is 4.79 Å². The van der Waals surface area contributed by atoms with Crippen LogP contribution in [0.5, 0.6) is 0 Å². The Bertz CT molecular complexity index is 482. The van der Waals surface area contributed by atoms with Gasteiger partial charge in [0, 0.05) is 11.5 Å². The van der Waals surface area contributed by atoms with Gasteiger partial charge in [0.25, 0.3) is 0 Å². The predicted molar refractivity (Wildman–Crippen MR) is 84.5 cm³/mol. The molecule has 1 aromatic carbocycles. The molecule has 1 saturated heterocycles. The molecule has 1 aliphatic rings. The van der Waals surface area contributed by atoms with Gasteiger partial charge in [0.05, 0.1) is 0 Å². The third-order valence-corrected chi connectivity index (χ3v) is 4.36. The van der Waals surface area contributed by atoms with E-state index in [0.29, 0.717) is 5.78 Å². The Labute approximate surface area is 123 Å². The van der Waals surface area contributed by atoms with Crippen LogP contribution >= 0.6 is 0 Å². The van der Waals surface area contributed by atoms with Crippen molar-refractivity contribution in [3.63, 3.8) is 0 Å². The number of hydrogen-bond donors (Lipinski definition) is 1. The number of aryl methyl sites for hydroxylation is 2. The molecule has 0 aliphatic carbocycles. The van der Waals surface area contributed by atoms with Crippen LogP contribution in [0, 0.1) is 19.8 Å². The molecule has 110 valence electrons. The summed E-state index contributed by atoms with van der Waals surface area (Å²) in [5.74, 6) is 0.552. The highest BCUT2D eigenvalue weighted by Gasteiger charge is 2.26. The molecule has 2 nitrogen and oxygen atoms in total. The maximum absolute atomic E-state index is 12.8. The van der Waals surface area contributed by atoms with Crippen molar-refractivity contribution in [1.82, 2.24) is 5.32 Å². The lowest BCUT2D eigenvalue weighted by Crippen LogP contribution is -2.32. The molecular formula is C18H27NO. The van der Waals surface area contributed by atoms with Gasteiger partial charge in [-0.05, 0) is 61.9 Å². The fourth-order valence-electron chi connectivity index (χ4n) is 3.07. The van der Waals surface area contributed by atoms with Crippen molar-refractivity contribution in [2.24, 2.45) is 5.92 Å². The molecule has 1 aromatic rings. The molecule has 0 spiro atoms. The number of carbonyl (C=O) groups excluding carboxylic acids is 1. The van der Waals surface area contributed by atoms with Crippen LogP contribution in [0.2, 0.25) is 0 Å². The van der Waals surface area contributed by atoms with Gasteiger partial charge in [0.2, 0.25) is 0 Å². The highest BCUT2D eigenvalue weighted by Crippen LogP contribution is 2.29. The van der Waals surface area contributed by atoms with Gasteiger partial charge in [0.1, 0.15) is 0 Å². The Kier molecular flexibility index (Phi) is 4.33. The molecular weight excluding hydrogens is 246 g/mol. The van der Waals surface area contributed by atoms with E-state index >= 15 is 0 Å². The topological polar surface area (TPSA) is 29.1 Å². The first-order valence-electron chi connectivity index (χ1n) is 7.67. The first-order chi connectivity index (χ1) is 9.30. The van der Waals surface area contributed by atoms with Gasteiger partial charge in [-0.3, -0.25) is 4.79 Å². The number of benzene rings is 1. The Morgan fingerprint density at radius 2 is 1.60 bits per heavy atom. The third-order valence-electron chi connectivity index (χ3n) is 4.36. The van der Waals surface area contributed by atoms with Gasteiger partial charge in [-0.25, -0.2) is 0 Å². The van der Waals surface area contributed by atoms with E-state index in [1.165, 1.54) is 5.56 Å². The lowest BCUT2D eigenvalue weighted by atomic mass is 9.81. The zero-order valence-corrected chi connectivity index (χ0v) is 13.5. The average Bonchev–Trinajstić information content (AvgIpc) is 2.37. The molecule has 0 atom stereocenters. The molecule has 20 heavy (non-hydrogen) atoms. The first-order valence-corrected chi connectivity index (χ1v) is 7.67. The largest absolute Gasteiger partial charge is 0.317 e. The number of Topliss-reactive ketones (excluding diaryl/α,β-unsaturated/α-hetero) is 1. The summed E-state index contributed by atoms with van der Waals surface area (Å²) in [4.78, 5) is 12.8. The second-order valence-corrected chi connectivity index (χ2v) is 7.12. The number of nitrogens with one attached hydrogen (secondary N) is 1. The fraction of sp³-hybridized carbons (Fsp3) is 0.611. The molecule has 2 rings (SSSR count). The number of piperidine rings is 1. The maximum atomic E-state index is 12.8. The van der Waals surface area contributed by atoms with Crippen LogP contribution in [0.15, 0.2) is 12.1 Å². The van der Waals surface area contributed by atoms with Crippen LogP contribution in [0.3, 0.4) is 0 Å². The predicted octanol–water partition coefficient (Wildman–Crippen LogP) is 3.78. The molecule has 2 heteroatoms. The van der Waals surface area contributed by atoms with Gasteiger partial charge in [-0.1, -0.05) is 32.9 Å². The zero-order valence-electron chi connectivity index (χ0n) is 13.5. The minimum atomic E-state index is 0.131.